The molecular weight excluding hydrogens is 332 g/mol. The molecule has 0 atom stereocenters. The zero-order valence-corrected chi connectivity index (χ0v) is 13.7. The number of nitrogens with one attached hydrogen (secondary N) is 1. The third-order valence-electron chi connectivity index (χ3n) is 2.88. The highest BCUT2D eigenvalue weighted by atomic mass is 32.1. The minimum atomic E-state index is -0.105. The molecule has 7 nitrogen and oxygen atoms in total. The lowest BCUT2D eigenvalue weighted by Crippen LogP contribution is -2.22. The first-order valence-electron chi connectivity index (χ1n) is 6.63. The van der Waals surface area contributed by atoms with E-state index in [0.29, 0.717) is 15.6 Å². The first-order valence-corrected chi connectivity index (χ1v) is 7.91. The fourth-order valence-electron chi connectivity index (χ4n) is 1.89. The molecule has 2 aromatic heterocycles. The van der Waals surface area contributed by atoms with Gasteiger partial charge in [-0.1, -0.05) is 18.2 Å². The number of aromatic nitrogens is 4. The van der Waals surface area contributed by atoms with E-state index in [1.165, 1.54) is 29.3 Å². The molecule has 1 N–H and O–H groups in total. The summed E-state index contributed by atoms with van der Waals surface area (Å²) in [6.07, 6.45) is 3.03. The predicted octanol–water partition coefficient (Wildman–Crippen LogP) is 2.96. The third-order valence-corrected chi connectivity index (χ3v) is 4.00. The van der Waals surface area contributed by atoms with E-state index in [1.807, 2.05) is 35.7 Å². The molecule has 116 valence electrons. The van der Waals surface area contributed by atoms with Gasteiger partial charge in [-0.25, -0.2) is 4.98 Å². The molecule has 0 spiro atoms. The average molecular weight is 344 g/mol. The fourth-order valence-corrected chi connectivity index (χ4v) is 2.87. The van der Waals surface area contributed by atoms with Gasteiger partial charge in [0.05, 0.1) is 17.6 Å². The number of aromatic amines is 1. The van der Waals surface area contributed by atoms with E-state index >= 15 is 0 Å². The quantitative estimate of drug-likeness (QED) is 0.583. The topological polar surface area (TPSA) is 79.2 Å². The van der Waals surface area contributed by atoms with Crippen molar-refractivity contribution >= 4 is 46.5 Å². The highest BCUT2D eigenvalue weighted by molar-refractivity contribution is 7.71. The van der Waals surface area contributed by atoms with Crippen molar-refractivity contribution in [3.05, 3.63) is 52.5 Å². The van der Waals surface area contributed by atoms with Gasteiger partial charge in [-0.2, -0.15) is 14.9 Å². The van der Waals surface area contributed by atoms with Crippen molar-refractivity contribution in [3.63, 3.8) is 0 Å². The number of rotatable bonds is 4. The van der Waals surface area contributed by atoms with Crippen LogP contribution in [0.1, 0.15) is 12.6 Å². The van der Waals surface area contributed by atoms with Gasteiger partial charge < -0.3 is 0 Å². The van der Waals surface area contributed by atoms with Gasteiger partial charge in [0.15, 0.2) is 5.13 Å². The van der Waals surface area contributed by atoms with Gasteiger partial charge >= 0.3 is 0 Å². The van der Waals surface area contributed by atoms with E-state index in [1.54, 1.807) is 11.1 Å². The smallest absolute Gasteiger partial charge is 0.230 e. The maximum absolute atomic E-state index is 12.0. The standard InChI is InChI=1S/C14H12N6OS2/c1-10(21)20(12-5-3-2-4-6-12)14-17-11(8-23-14)7-16-19-9-15-18-13(19)22/h2-9H,1H3,(H,18,22)/b16-7-. The summed E-state index contributed by atoms with van der Waals surface area (Å²) in [5.74, 6) is -0.105. The van der Waals surface area contributed by atoms with Crippen molar-refractivity contribution in [2.24, 2.45) is 5.10 Å². The van der Waals surface area contributed by atoms with Gasteiger partial charge in [0.1, 0.15) is 6.33 Å². The summed E-state index contributed by atoms with van der Waals surface area (Å²) < 4.78 is 1.82. The number of thiazole rings is 1. The number of para-hydroxylation sites is 1. The zero-order chi connectivity index (χ0) is 16.2. The molecule has 0 saturated carbocycles. The molecule has 0 fully saturated rings. The number of anilines is 2. The van der Waals surface area contributed by atoms with Crippen LogP contribution in [-0.2, 0) is 4.79 Å². The van der Waals surface area contributed by atoms with E-state index in [9.17, 15) is 4.79 Å². The second-order valence-electron chi connectivity index (χ2n) is 4.50. The van der Waals surface area contributed by atoms with Gasteiger partial charge in [0.25, 0.3) is 0 Å². The molecule has 0 aliphatic carbocycles. The van der Waals surface area contributed by atoms with Crippen molar-refractivity contribution in [2.75, 3.05) is 4.90 Å². The molecule has 23 heavy (non-hydrogen) atoms. The van der Waals surface area contributed by atoms with Crippen molar-refractivity contribution in [1.29, 1.82) is 0 Å². The van der Waals surface area contributed by atoms with Crippen LogP contribution in [0.3, 0.4) is 0 Å². The minimum absolute atomic E-state index is 0.105. The summed E-state index contributed by atoms with van der Waals surface area (Å²) in [7, 11) is 0. The molecule has 3 rings (SSSR count). The number of nitrogens with zero attached hydrogens (tertiary/aromatic N) is 5. The zero-order valence-electron chi connectivity index (χ0n) is 12.1. The Morgan fingerprint density at radius 2 is 2.22 bits per heavy atom. The summed E-state index contributed by atoms with van der Waals surface area (Å²) in [6, 6.07) is 9.38. The predicted molar refractivity (Wildman–Crippen MR) is 91.8 cm³/mol. The Morgan fingerprint density at radius 3 is 2.87 bits per heavy atom. The lowest BCUT2D eigenvalue weighted by molar-refractivity contribution is -0.115. The van der Waals surface area contributed by atoms with Crippen LogP contribution < -0.4 is 4.90 Å². The van der Waals surface area contributed by atoms with E-state index < -0.39 is 0 Å². The maximum Gasteiger partial charge on any atom is 0.230 e. The maximum atomic E-state index is 12.0. The SMILES string of the molecule is CC(=O)N(c1ccccc1)c1nc(/C=N\n2cn[nH]c2=S)cs1. The summed E-state index contributed by atoms with van der Waals surface area (Å²) >= 11 is 6.37. The van der Waals surface area contributed by atoms with E-state index in [2.05, 4.69) is 20.3 Å². The molecule has 0 saturated heterocycles. The van der Waals surface area contributed by atoms with Crippen molar-refractivity contribution in [3.8, 4) is 0 Å². The summed E-state index contributed by atoms with van der Waals surface area (Å²) in [5.41, 5.74) is 1.41. The van der Waals surface area contributed by atoms with Crippen molar-refractivity contribution in [1.82, 2.24) is 19.9 Å². The normalized spacial score (nSPS) is 11.0. The Bertz CT molecular complexity index is 895. The van der Waals surface area contributed by atoms with Crippen LogP contribution in [0.4, 0.5) is 10.8 Å². The molecule has 0 unspecified atom stereocenters. The molecule has 0 aliphatic heterocycles. The molecule has 9 heteroatoms. The monoisotopic (exact) mass is 344 g/mol. The molecule has 0 aliphatic rings. The number of hydrogen-bond donors (Lipinski definition) is 1. The molecule has 3 aromatic rings. The third kappa shape index (κ3) is 3.41. The van der Waals surface area contributed by atoms with Crippen LogP contribution in [0, 0.1) is 4.77 Å². The average Bonchev–Trinajstić information content (AvgIpc) is 3.15. The number of hydrogen-bond acceptors (Lipinski definition) is 6. The van der Waals surface area contributed by atoms with Crippen LogP contribution in [-0.4, -0.2) is 32.0 Å². The number of carbonyl (C=O) groups excluding carboxylic acids is 1. The van der Waals surface area contributed by atoms with Gasteiger partial charge in [-0.3, -0.25) is 14.8 Å². The highest BCUT2D eigenvalue weighted by Crippen LogP contribution is 2.28. The number of amides is 1. The Morgan fingerprint density at radius 1 is 1.43 bits per heavy atom. The fraction of sp³-hybridized carbons (Fsp3) is 0.0714. The second-order valence-corrected chi connectivity index (χ2v) is 5.72. The van der Waals surface area contributed by atoms with Gasteiger partial charge in [-0.15, -0.1) is 11.3 Å². The Balaban J connectivity index is 1.88. The lowest BCUT2D eigenvalue weighted by Gasteiger charge is -2.17. The molecular formula is C14H12N6OS2. The Labute approximate surface area is 140 Å². The Kier molecular flexibility index (Phi) is 4.40. The van der Waals surface area contributed by atoms with Gasteiger partial charge in [0.2, 0.25) is 10.7 Å². The summed E-state index contributed by atoms with van der Waals surface area (Å²) in [6.45, 7) is 1.51. The first kappa shape index (κ1) is 15.3. The van der Waals surface area contributed by atoms with E-state index in [-0.39, 0.29) is 5.91 Å². The van der Waals surface area contributed by atoms with Crippen LogP contribution in [0.25, 0.3) is 0 Å². The molecule has 0 bridgehead atoms. The van der Waals surface area contributed by atoms with E-state index in [4.69, 9.17) is 12.2 Å². The molecule has 1 aromatic carbocycles. The van der Waals surface area contributed by atoms with Crippen molar-refractivity contribution < 1.29 is 4.79 Å². The van der Waals surface area contributed by atoms with Crippen LogP contribution in [0.2, 0.25) is 0 Å². The van der Waals surface area contributed by atoms with Crippen LogP contribution in [0.5, 0.6) is 0 Å². The van der Waals surface area contributed by atoms with Crippen molar-refractivity contribution in [2.45, 2.75) is 6.92 Å². The van der Waals surface area contributed by atoms with Crippen LogP contribution >= 0.6 is 23.6 Å². The second kappa shape index (κ2) is 6.63. The lowest BCUT2D eigenvalue weighted by atomic mass is 10.3. The molecule has 0 radical (unpaired) electrons. The first-order chi connectivity index (χ1) is 11.1. The number of H-pyrrole nitrogens is 1. The highest BCUT2D eigenvalue weighted by Gasteiger charge is 2.17. The summed E-state index contributed by atoms with van der Waals surface area (Å²) in [5, 5.41) is 13.0. The van der Waals surface area contributed by atoms with E-state index in [0.717, 1.165) is 5.69 Å². The van der Waals surface area contributed by atoms with Gasteiger partial charge in [-0.05, 0) is 24.4 Å². The van der Waals surface area contributed by atoms with Crippen LogP contribution in [0.15, 0.2) is 47.1 Å². The molecule has 1 amide bonds. The largest absolute Gasteiger partial charge is 0.274 e. The Hall–Kier alpha value is -2.65. The number of carbonyl (C=O) groups is 1. The number of benzene rings is 1. The molecule has 2 heterocycles. The van der Waals surface area contributed by atoms with Gasteiger partial charge in [0, 0.05) is 12.3 Å². The summed E-state index contributed by atoms with van der Waals surface area (Å²) in [4.78, 5) is 18.0. The minimum Gasteiger partial charge on any atom is -0.274 e.